The number of amides is 1. The van der Waals surface area contributed by atoms with Crippen molar-refractivity contribution < 1.29 is 22.0 Å². The van der Waals surface area contributed by atoms with E-state index in [9.17, 15) is 18.0 Å². The minimum absolute atomic E-state index is 0.00543. The van der Waals surface area contributed by atoms with Crippen LogP contribution in [-0.4, -0.2) is 14.3 Å². The molecule has 2 heterocycles. The number of nitrogens with two attached hydrogens (primary N) is 1. The van der Waals surface area contributed by atoms with Crippen molar-refractivity contribution in [3.05, 3.63) is 74.8 Å². The third kappa shape index (κ3) is 4.04. The molecule has 3 N–H and O–H groups in total. The molecule has 2 aromatic heterocycles. The predicted octanol–water partition coefficient (Wildman–Crippen LogP) is 2.97. The van der Waals surface area contributed by atoms with Crippen LogP contribution in [0.1, 0.15) is 28.0 Å². The Morgan fingerprint density at radius 3 is 2.25 bits per heavy atom. The molecular formula is C23H22N2O6S. The van der Waals surface area contributed by atoms with Crippen molar-refractivity contribution in [3.8, 4) is 0 Å². The number of carbonyl (C=O) groups excluding carboxylic acids is 1. The van der Waals surface area contributed by atoms with Crippen LogP contribution in [0.4, 0.5) is 0 Å². The van der Waals surface area contributed by atoms with Crippen LogP contribution in [-0.2, 0) is 27.8 Å². The molecule has 0 fully saturated rings. The molecule has 0 bridgehead atoms. The first-order chi connectivity index (χ1) is 15.0. The van der Waals surface area contributed by atoms with Crippen LogP contribution >= 0.6 is 0 Å². The molecule has 0 atom stereocenters. The van der Waals surface area contributed by atoms with Gasteiger partial charge in [0.15, 0.2) is 0 Å². The molecule has 1 amide bonds. The minimum atomic E-state index is -3.77. The fraction of sp³-hybridized carbons (Fsp3) is 0.217. The highest BCUT2D eigenvalue weighted by atomic mass is 32.2. The van der Waals surface area contributed by atoms with Crippen molar-refractivity contribution in [3.63, 3.8) is 0 Å². The third-order valence-electron chi connectivity index (χ3n) is 5.66. The van der Waals surface area contributed by atoms with Crippen molar-refractivity contribution in [2.45, 2.75) is 38.6 Å². The lowest BCUT2D eigenvalue weighted by atomic mass is 10.0. The summed E-state index contributed by atoms with van der Waals surface area (Å²) in [6.45, 7) is 5.81. The molecule has 9 heteroatoms. The standard InChI is InChI=1S/C23H22N2O6S/c1-12-14(3)30-20-10-21-18(8-17(12)20)13(2)19(23(27)31-21)9-22(26)25-11-15-4-6-16(7-5-15)32(24,28)29/h4-8,10H,9,11H2,1-3H3,(H,25,26)(H2,24,28,29). The summed E-state index contributed by atoms with van der Waals surface area (Å²) < 4.78 is 33.8. The quantitative estimate of drug-likeness (QED) is 0.446. The van der Waals surface area contributed by atoms with Crippen LogP contribution < -0.4 is 16.1 Å². The maximum absolute atomic E-state index is 12.6. The van der Waals surface area contributed by atoms with Gasteiger partial charge in [0.25, 0.3) is 0 Å². The fourth-order valence-corrected chi connectivity index (χ4v) is 4.17. The number of hydrogen-bond acceptors (Lipinski definition) is 6. The van der Waals surface area contributed by atoms with E-state index in [1.165, 1.54) is 12.1 Å². The topological polar surface area (TPSA) is 133 Å². The lowest BCUT2D eigenvalue weighted by molar-refractivity contribution is -0.120. The summed E-state index contributed by atoms with van der Waals surface area (Å²) >= 11 is 0. The number of carbonyl (C=O) groups is 1. The van der Waals surface area contributed by atoms with Crippen molar-refractivity contribution in [2.24, 2.45) is 5.14 Å². The second-order valence-electron chi connectivity index (χ2n) is 7.76. The van der Waals surface area contributed by atoms with Gasteiger partial charge in [0, 0.05) is 23.4 Å². The zero-order chi connectivity index (χ0) is 23.2. The van der Waals surface area contributed by atoms with Gasteiger partial charge in [0.1, 0.15) is 16.9 Å². The van der Waals surface area contributed by atoms with E-state index in [1.807, 2.05) is 19.9 Å². The van der Waals surface area contributed by atoms with E-state index in [2.05, 4.69) is 5.32 Å². The second kappa shape index (κ2) is 7.92. The van der Waals surface area contributed by atoms with E-state index in [0.717, 1.165) is 22.1 Å². The molecule has 32 heavy (non-hydrogen) atoms. The molecule has 8 nitrogen and oxygen atoms in total. The van der Waals surface area contributed by atoms with Crippen molar-refractivity contribution in [1.29, 1.82) is 0 Å². The molecule has 0 aliphatic carbocycles. The number of hydrogen-bond donors (Lipinski definition) is 2. The summed E-state index contributed by atoms with van der Waals surface area (Å²) in [7, 11) is -3.77. The maximum atomic E-state index is 12.6. The summed E-state index contributed by atoms with van der Waals surface area (Å²) in [5.74, 6) is 0.443. The zero-order valence-corrected chi connectivity index (χ0v) is 18.6. The number of fused-ring (bicyclic) bond motifs is 2. The minimum Gasteiger partial charge on any atom is -0.461 e. The number of aryl methyl sites for hydroxylation is 3. The van der Waals surface area contributed by atoms with Crippen LogP contribution in [0, 0.1) is 20.8 Å². The average molecular weight is 455 g/mol. The van der Waals surface area contributed by atoms with Gasteiger partial charge < -0.3 is 14.2 Å². The summed E-state index contributed by atoms with van der Waals surface area (Å²) in [4.78, 5) is 25.1. The number of nitrogens with one attached hydrogen (secondary N) is 1. The van der Waals surface area contributed by atoms with Gasteiger partial charge in [0.05, 0.1) is 16.9 Å². The molecule has 4 aromatic rings. The van der Waals surface area contributed by atoms with E-state index in [-0.39, 0.29) is 29.3 Å². The first kappa shape index (κ1) is 21.8. The van der Waals surface area contributed by atoms with Gasteiger partial charge in [0.2, 0.25) is 15.9 Å². The van der Waals surface area contributed by atoms with Gasteiger partial charge in [-0.25, -0.2) is 18.4 Å². The Balaban J connectivity index is 1.56. The molecule has 0 unspecified atom stereocenters. The normalized spacial score (nSPS) is 11.9. The molecule has 0 aliphatic heterocycles. The van der Waals surface area contributed by atoms with Crippen LogP contribution in [0.5, 0.6) is 0 Å². The van der Waals surface area contributed by atoms with Crippen LogP contribution in [0.3, 0.4) is 0 Å². The molecule has 4 rings (SSSR count). The van der Waals surface area contributed by atoms with Gasteiger partial charge in [-0.15, -0.1) is 0 Å². The molecule has 0 radical (unpaired) electrons. The van der Waals surface area contributed by atoms with Gasteiger partial charge >= 0.3 is 5.63 Å². The first-order valence-corrected chi connectivity index (χ1v) is 11.4. The van der Waals surface area contributed by atoms with Gasteiger partial charge in [-0.05, 0) is 55.7 Å². The number of benzene rings is 2. The van der Waals surface area contributed by atoms with E-state index >= 15 is 0 Å². The summed E-state index contributed by atoms with van der Waals surface area (Å²) in [6.07, 6.45) is -0.138. The zero-order valence-electron chi connectivity index (χ0n) is 17.8. The van der Waals surface area contributed by atoms with E-state index < -0.39 is 15.6 Å². The van der Waals surface area contributed by atoms with Gasteiger partial charge in [-0.3, -0.25) is 4.79 Å². The van der Waals surface area contributed by atoms with Crippen molar-refractivity contribution >= 4 is 37.9 Å². The summed E-state index contributed by atoms with van der Waals surface area (Å²) in [5, 5.41) is 9.50. The molecule has 2 aromatic carbocycles. The monoisotopic (exact) mass is 454 g/mol. The maximum Gasteiger partial charge on any atom is 0.340 e. The Morgan fingerprint density at radius 2 is 1.59 bits per heavy atom. The number of furan rings is 1. The van der Waals surface area contributed by atoms with E-state index in [0.29, 0.717) is 22.3 Å². The molecule has 0 aliphatic rings. The van der Waals surface area contributed by atoms with Gasteiger partial charge in [-0.2, -0.15) is 0 Å². The predicted molar refractivity (Wildman–Crippen MR) is 120 cm³/mol. The Hall–Kier alpha value is -3.43. The largest absolute Gasteiger partial charge is 0.461 e. The summed E-state index contributed by atoms with van der Waals surface area (Å²) in [5.41, 5.74) is 3.17. The molecule has 0 saturated heterocycles. The van der Waals surface area contributed by atoms with E-state index in [1.54, 1.807) is 25.1 Å². The number of sulfonamides is 1. The number of rotatable bonds is 5. The van der Waals surface area contributed by atoms with Crippen LogP contribution in [0.25, 0.3) is 21.9 Å². The molecule has 0 spiro atoms. The van der Waals surface area contributed by atoms with Crippen molar-refractivity contribution in [1.82, 2.24) is 5.32 Å². The Labute approximate surface area is 184 Å². The second-order valence-corrected chi connectivity index (χ2v) is 9.32. The molecule has 0 saturated carbocycles. The lowest BCUT2D eigenvalue weighted by Crippen LogP contribution is -2.27. The molecule has 166 valence electrons. The number of primary sulfonamides is 1. The summed E-state index contributed by atoms with van der Waals surface area (Å²) in [6, 6.07) is 9.50. The average Bonchev–Trinajstić information content (AvgIpc) is 3.01. The highest BCUT2D eigenvalue weighted by Gasteiger charge is 2.17. The lowest BCUT2D eigenvalue weighted by Gasteiger charge is -2.09. The Kier molecular flexibility index (Phi) is 5.39. The fourth-order valence-electron chi connectivity index (χ4n) is 3.65. The van der Waals surface area contributed by atoms with Crippen LogP contribution in [0.15, 0.2) is 54.9 Å². The highest BCUT2D eigenvalue weighted by Crippen LogP contribution is 2.31. The molecular weight excluding hydrogens is 432 g/mol. The van der Waals surface area contributed by atoms with E-state index in [4.69, 9.17) is 14.0 Å². The first-order valence-electron chi connectivity index (χ1n) is 9.89. The third-order valence-corrected chi connectivity index (χ3v) is 6.59. The van der Waals surface area contributed by atoms with Crippen molar-refractivity contribution in [2.75, 3.05) is 0 Å². The Bertz CT molecular complexity index is 1530. The van der Waals surface area contributed by atoms with Crippen LogP contribution in [0.2, 0.25) is 0 Å². The highest BCUT2D eigenvalue weighted by molar-refractivity contribution is 7.89. The Morgan fingerprint density at radius 1 is 0.969 bits per heavy atom. The SMILES string of the molecule is Cc1oc2cc3oc(=O)c(CC(=O)NCc4ccc(S(N)(=O)=O)cc4)c(C)c3cc2c1C. The smallest absolute Gasteiger partial charge is 0.340 e. The van der Waals surface area contributed by atoms with Gasteiger partial charge in [-0.1, -0.05) is 12.1 Å².